The average Bonchev–Trinajstić information content (AvgIpc) is 2.93. The number of rotatable bonds is 3. The molecule has 0 radical (unpaired) electrons. The monoisotopic (exact) mass is 271 g/mol. The Morgan fingerprint density at radius 3 is 3.10 bits per heavy atom. The zero-order chi connectivity index (χ0) is 14.1. The molecule has 0 spiro atoms. The molecule has 102 valence electrons. The summed E-state index contributed by atoms with van der Waals surface area (Å²) in [4.78, 5) is 19.3. The van der Waals surface area contributed by atoms with Crippen LogP contribution in [0.25, 0.3) is 11.0 Å². The van der Waals surface area contributed by atoms with Crippen molar-refractivity contribution in [3.8, 4) is 0 Å². The van der Waals surface area contributed by atoms with Crippen LogP contribution in [-0.2, 0) is 11.3 Å². The molecular weight excluding hydrogens is 258 g/mol. The van der Waals surface area contributed by atoms with E-state index in [-0.39, 0.29) is 18.3 Å². The van der Waals surface area contributed by atoms with Gasteiger partial charge in [-0.25, -0.2) is 9.67 Å². The highest BCUT2D eigenvalue weighted by molar-refractivity contribution is 5.92. The van der Waals surface area contributed by atoms with Crippen LogP contribution in [-0.4, -0.2) is 30.9 Å². The third kappa shape index (κ3) is 2.44. The zero-order valence-corrected chi connectivity index (χ0v) is 10.8. The molecule has 0 saturated carbocycles. The van der Waals surface area contributed by atoms with Crippen LogP contribution in [0.1, 0.15) is 5.82 Å². The van der Waals surface area contributed by atoms with Crippen LogP contribution < -0.4 is 11.1 Å². The van der Waals surface area contributed by atoms with Crippen molar-refractivity contribution < 1.29 is 4.79 Å². The summed E-state index contributed by atoms with van der Waals surface area (Å²) in [5, 5.41) is 10.1. The molecule has 20 heavy (non-hydrogen) atoms. The molecular formula is C12H13N7O. The Hall–Kier alpha value is -2.90. The second-order valence-corrected chi connectivity index (χ2v) is 4.44. The van der Waals surface area contributed by atoms with Gasteiger partial charge in [-0.05, 0) is 25.1 Å². The van der Waals surface area contributed by atoms with Gasteiger partial charge < -0.3 is 16.0 Å². The molecule has 1 aromatic carbocycles. The van der Waals surface area contributed by atoms with Crippen LogP contribution in [0, 0.1) is 6.92 Å². The lowest BCUT2D eigenvalue weighted by Crippen LogP contribution is -2.19. The van der Waals surface area contributed by atoms with Crippen molar-refractivity contribution in [3.63, 3.8) is 0 Å². The number of imidazole rings is 1. The van der Waals surface area contributed by atoms with Gasteiger partial charge in [0.1, 0.15) is 12.4 Å². The number of nitrogens with zero attached hydrogens (tertiary/aromatic N) is 4. The number of aromatic nitrogens is 5. The Morgan fingerprint density at radius 2 is 2.35 bits per heavy atom. The zero-order valence-electron chi connectivity index (χ0n) is 10.8. The molecule has 8 nitrogen and oxygen atoms in total. The topological polar surface area (TPSA) is 115 Å². The van der Waals surface area contributed by atoms with Crippen LogP contribution in [0.4, 0.5) is 11.5 Å². The molecule has 0 aliphatic heterocycles. The fourth-order valence-electron chi connectivity index (χ4n) is 1.95. The minimum absolute atomic E-state index is 0.0598. The molecule has 0 saturated heterocycles. The normalized spacial score (nSPS) is 10.8. The molecule has 8 heteroatoms. The lowest BCUT2D eigenvalue weighted by molar-refractivity contribution is -0.116. The Kier molecular flexibility index (Phi) is 2.82. The summed E-state index contributed by atoms with van der Waals surface area (Å²) in [5.41, 5.74) is 7.87. The van der Waals surface area contributed by atoms with Crippen molar-refractivity contribution in [1.29, 1.82) is 0 Å². The fraction of sp³-hybridized carbons (Fsp3) is 0.167. The van der Waals surface area contributed by atoms with Gasteiger partial charge in [-0.1, -0.05) is 5.21 Å². The third-order valence-corrected chi connectivity index (χ3v) is 2.75. The number of aryl methyl sites for hydroxylation is 1. The van der Waals surface area contributed by atoms with E-state index in [2.05, 4.69) is 25.6 Å². The summed E-state index contributed by atoms with van der Waals surface area (Å²) in [6.45, 7) is 1.94. The van der Waals surface area contributed by atoms with Crippen LogP contribution in [0.2, 0.25) is 0 Å². The molecule has 4 N–H and O–H groups in total. The second-order valence-electron chi connectivity index (χ2n) is 4.44. The van der Waals surface area contributed by atoms with Gasteiger partial charge in [-0.2, -0.15) is 0 Å². The smallest absolute Gasteiger partial charge is 0.246 e. The van der Waals surface area contributed by atoms with Gasteiger partial charge in [0.05, 0.1) is 17.2 Å². The molecule has 3 rings (SSSR count). The van der Waals surface area contributed by atoms with Crippen molar-refractivity contribution in [2.24, 2.45) is 0 Å². The number of nitrogens with one attached hydrogen (secondary N) is 2. The first-order chi connectivity index (χ1) is 9.60. The minimum atomic E-state index is -0.203. The van der Waals surface area contributed by atoms with Gasteiger partial charge in [0.15, 0.2) is 5.82 Å². The number of nitrogen functional groups attached to an aromatic ring is 1. The number of benzene rings is 1. The number of nitrogens with two attached hydrogens (primary N) is 1. The number of fused-ring (bicyclic) bond motifs is 1. The maximum absolute atomic E-state index is 11.9. The number of hydrogen-bond donors (Lipinski definition) is 3. The Labute approximate surface area is 114 Å². The molecule has 0 aliphatic carbocycles. The molecule has 0 fully saturated rings. The third-order valence-electron chi connectivity index (χ3n) is 2.75. The molecule has 0 unspecified atom stereocenters. The van der Waals surface area contributed by atoms with Gasteiger partial charge in [-0.15, -0.1) is 5.10 Å². The van der Waals surface area contributed by atoms with Gasteiger partial charge >= 0.3 is 0 Å². The fourth-order valence-corrected chi connectivity index (χ4v) is 1.95. The van der Waals surface area contributed by atoms with E-state index in [0.29, 0.717) is 5.69 Å². The molecule has 2 heterocycles. The standard InChI is InChI=1S/C12H13N7O/c1-7-14-9-3-2-8(4-10(9)15-7)16-12(20)6-19-5-11(13)17-18-19/h2-5H,6,13H2,1H3,(H,14,15)(H,16,20). The lowest BCUT2D eigenvalue weighted by atomic mass is 10.3. The summed E-state index contributed by atoms with van der Waals surface area (Å²) < 4.78 is 1.38. The SMILES string of the molecule is Cc1nc2ccc(NC(=O)Cn3cc(N)nn3)cc2[nH]1. The van der Waals surface area contributed by atoms with Gasteiger partial charge in [0.25, 0.3) is 0 Å². The highest BCUT2D eigenvalue weighted by atomic mass is 16.2. The average molecular weight is 271 g/mol. The summed E-state index contributed by atoms with van der Waals surface area (Å²) in [5.74, 6) is 0.916. The number of amides is 1. The van der Waals surface area contributed by atoms with E-state index >= 15 is 0 Å². The number of hydrogen-bond acceptors (Lipinski definition) is 5. The number of carbonyl (C=O) groups excluding carboxylic acids is 1. The van der Waals surface area contributed by atoms with Crippen molar-refractivity contribution in [2.45, 2.75) is 13.5 Å². The first kappa shape index (κ1) is 12.2. The maximum Gasteiger partial charge on any atom is 0.246 e. The highest BCUT2D eigenvalue weighted by Crippen LogP contribution is 2.17. The molecule has 3 aromatic rings. The Bertz CT molecular complexity index is 773. The van der Waals surface area contributed by atoms with E-state index in [4.69, 9.17) is 5.73 Å². The van der Waals surface area contributed by atoms with Crippen LogP contribution in [0.15, 0.2) is 24.4 Å². The molecule has 0 bridgehead atoms. The van der Waals surface area contributed by atoms with Crippen LogP contribution in [0.3, 0.4) is 0 Å². The van der Waals surface area contributed by atoms with Crippen molar-refractivity contribution >= 4 is 28.4 Å². The quantitative estimate of drug-likeness (QED) is 0.648. The van der Waals surface area contributed by atoms with Gasteiger partial charge in [-0.3, -0.25) is 4.79 Å². The Morgan fingerprint density at radius 1 is 1.50 bits per heavy atom. The minimum Gasteiger partial charge on any atom is -0.381 e. The van der Waals surface area contributed by atoms with Crippen LogP contribution >= 0.6 is 0 Å². The first-order valence-corrected chi connectivity index (χ1v) is 6.02. The number of anilines is 2. The summed E-state index contributed by atoms with van der Waals surface area (Å²) in [6.07, 6.45) is 1.50. The summed E-state index contributed by atoms with van der Waals surface area (Å²) in [6, 6.07) is 5.49. The molecule has 0 atom stereocenters. The maximum atomic E-state index is 11.9. The van der Waals surface area contributed by atoms with E-state index in [1.165, 1.54) is 10.9 Å². The van der Waals surface area contributed by atoms with Crippen LogP contribution in [0.5, 0.6) is 0 Å². The highest BCUT2D eigenvalue weighted by Gasteiger charge is 2.07. The number of aromatic amines is 1. The van der Waals surface area contributed by atoms with Crippen molar-refractivity contribution in [1.82, 2.24) is 25.0 Å². The molecule has 2 aromatic heterocycles. The second kappa shape index (κ2) is 4.65. The van der Waals surface area contributed by atoms with E-state index in [0.717, 1.165) is 16.9 Å². The van der Waals surface area contributed by atoms with Crippen molar-refractivity contribution in [3.05, 3.63) is 30.2 Å². The van der Waals surface area contributed by atoms with E-state index in [1.54, 1.807) is 6.07 Å². The summed E-state index contributed by atoms with van der Waals surface area (Å²) >= 11 is 0. The van der Waals surface area contributed by atoms with E-state index in [1.807, 2.05) is 19.1 Å². The largest absolute Gasteiger partial charge is 0.381 e. The predicted octanol–water partition coefficient (Wildman–Crippen LogP) is 0.684. The lowest BCUT2D eigenvalue weighted by Gasteiger charge is -2.04. The van der Waals surface area contributed by atoms with E-state index in [9.17, 15) is 4.79 Å². The Balaban J connectivity index is 1.73. The van der Waals surface area contributed by atoms with Gasteiger partial charge in [0, 0.05) is 5.69 Å². The van der Waals surface area contributed by atoms with Gasteiger partial charge in [0.2, 0.25) is 5.91 Å². The number of H-pyrrole nitrogens is 1. The molecule has 0 aliphatic rings. The summed E-state index contributed by atoms with van der Waals surface area (Å²) in [7, 11) is 0. The first-order valence-electron chi connectivity index (χ1n) is 6.02. The predicted molar refractivity (Wildman–Crippen MR) is 73.9 cm³/mol. The van der Waals surface area contributed by atoms with Crippen molar-refractivity contribution in [2.75, 3.05) is 11.1 Å². The number of carbonyl (C=O) groups is 1. The molecule has 1 amide bonds. The van der Waals surface area contributed by atoms with E-state index < -0.39 is 0 Å².